The van der Waals surface area contributed by atoms with Crippen molar-refractivity contribution in [3.63, 3.8) is 0 Å². The molecular formula is C16H13ClO3. The average molecular weight is 289 g/mol. The summed E-state index contributed by atoms with van der Waals surface area (Å²) in [5.41, 5.74) is 1.44. The highest BCUT2D eigenvalue weighted by Crippen LogP contribution is 2.25. The van der Waals surface area contributed by atoms with Crippen molar-refractivity contribution in [2.75, 3.05) is 7.11 Å². The van der Waals surface area contributed by atoms with Crippen molar-refractivity contribution < 1.29 is 14.3 Å². The molecule has 0 amide bonds. The molecule has 0 aliphatic carbocycles. The summed E-state index contributed by atoms with van der Waals surface area (Å²) in [7, 11) is 1.30. The van der Waals surface area contributed by atoms with Gasteiger partial charge in [-0.15, -0.1) is 11.6 Å². The van der Waals surface area contributed by atoms with Crippen LogP contribution in [0, 0.1) is 0 Å². The Bertz CT molecular complexity index is 623. The molecule has 2 aromatic rings. The zero-order valence-electron chi connectivity index (χ0n) is 10.9. The quantitative estimate of drug-likeness (QED) is 0.490. The van der Waals surface area contributed by atoms with E-state index in [2.05, 4.69) is 4.74 Å². The first-order valence-electron chi connectivity index (χ1n) is 6.05. The second-order valence-electron chi connectivity index (χ2n) is 4.21. The standard InChI is InChI=1S/C16H13ClO3/c1-20-16(19)13-9-5-8-12(10-13)15(18)14(17)11-6-3-2-4-7-11/h2-10,14H,1H3. The van der Waals surface area contributed by atoms with Gasteiger partial charge in [0.15, 0.2) is 5.78 Å². The van der Waals surface area contributed by atoms with Crippen molar-refractivity contribution in [3.8, 4) is 0 Å². The number of methoxy groups -OCH3 is 1. The molecule has 0 spiro atoms. The fourth-order valence-electron chi connectivity index (χ4n) is 1.84. The maximum absolute atomic E-state index is 12.3. The van der Waals surface area contributed by atoms with E-state index in [-0.39, 0.29) is 5.78 Å². The lowest BCUT2D eigenvalue weighted by molar-refractivity contribution is 0.0600. The number of rotatable bonds is 4. The first-order valence-corrected chi connectivity index (χ1v) is 6.48. The molecule has 0 N–H and O–H groups in total. The molecule has 3 nitrogen and oxygen atoms in total. The number of alkyl halides is 1. The van der Waals surface area contributed by atoms with Gasteiger partial charge >= 0.3 is 5.97 Å². The van der Waals surface area contributed by atoms with Crippen LogP contribution in [0.2, 0.25) is 0 Å². The van der Waals surface area contributed by atoms with E-state index in [1.807, 2.05) is 18.2 Å². The van der Waals surface area contributed by atoms with E-state index >= 15 is 0 Å². The summed E-state index contributed by atoms with van der Waals surface area (Å²) in [4.78, 5) is 23.8. The highest BCUT2D eigenvalue weighted by Gasteiger charge is 2.20. The summed E-state index contributed by atoms with van der Waals surface area (Å²) in [6, 6.07) is 15.4. The molecule has 0 bridgehead atoms. The number of ketones is 1. The summed E-state index contributed by atoms with van der Waals surface area (Å²) < 4.78 is 4.63. The molecule has 0 fully saturated rings. The Kier molecular flexibility index (Phi) is 4.53. The number of ether oxygens (including phenoxy) is 1. The summed E-state index contributed by atoms with van der Waals surface area (Å²) in [5.74, 6) is -0.728. The molecule has 0 aliphatic heterocycles. The average Bonchev–Trinajstić information content (AvgIpc) is 2.53. The number of halogens is 1. The second-order valence-corrected chi connectivity index (χ2v) is 4.65. The predicted molar refractivity (Wildman–Crippen MR) is 77.1 cm³/mol. The Morgan fingerprint density at radius 1 is 1.00 bits per heavy atom. The molecule has 2 aromatic carbocycles. The minimum Gasteiger partial charge on any atom is -0.465 e. The van der Waals surface area contributed by atoms with Crippen LogP contribution in [0.25, 0.3) is 0 Å². The van der Waals surface area contributed by atoms with Gasteiger partial charge < -0.3 is 4.74 Å². The number of carbonyl (C=O) groups is 2. The minimum absolute atomic E-state index is 0.247. The van der Waals surface area contributed by atoms with Crippen LogP contribution in [0.5, 0.6) is 0 Å². The molecule has 1 atom stereocenters. The number of hydrogen-bond donors (Lipinski definition) is 0. The summed E-state index contributed by atoms with van der Waals surface area (Å²) in [5, 5.41) is -0.774. The van der Waals surface area contributed by atoms with Crippen molar-refractivity contribution in [1.29, 1.82) is 0 Å². The third-order valence-corrected chi connectivity index (χ3v) is 3.34. The van der Waals surface area contributed by atoms with Crippen molar-refractivity contribution in [1.82, 2.24) is 0 Å². The Morgan fingerprint density at radius 2 is 1.65 bits per heavy atom. The number of Topliss-reactive ketones (excluding diaryl/α,β-unsaturated/α-hetero) is 1. The molecule has 0 aliphatic rings. The van der Waals surface area contributed by atoms with Gasteiger partial charge in [0.1, 0.15) is 5.38 Å². The van der Waals surface area contributed by atoms with Gasteiger partial charge in [0.2, 0.25) is 0 Å². The third-order valence-electron chi connectivity index (χ3n) is 2.89. The second kappa shape index (κ2) is 6.35. The highest BCUT2D eigenvalue weighted by atomic mass is 35.5. The van der Waals surface area contributed by atoms with Crippen LogP contribution in [-0.2, 0) is 4.74 Å². The molecule has 0 saturated heterocycles. The maximum atomic E-state index is 12.3. The Balaban J connectivity index is 2.27. The van der Waals surface area contributed by atoms with Gasteiger partial charge in [-0.3, -0.25) is 4.79 Å². The van der Waals surface area contributed by atoms with E-state index in [1.54, 1.807) is 30.3 Å². The van der Waals surface area contributed by atoms with Crippen molar-refractivity contribution in [2.45, 2.75) is 5.38 Å². The Hall–Kier alpha value is -2.13. The molecule has 20 heavy (non-hydrogen) atoms. The van der Waals surface area contributed by atoms with Crippen LogP contribution in [0.3, 0.4) is 0 Å². The Morgan fingerprint density at radius 3 is 2.30 bits per heavy atom. The van der Waals surface area contributed by atoms with Crippen LogP contribution in [0.4, 0.5) is 0 Å². The van der Waals surface area contributed by atoms with Gasteiger partial charge in [0.25, 0.3) is 0 Å². The lowest BCUT2D eigenvalue weighted by Gasteiger charge is -2.09. The van der Waals surface area contributed by atoms with Crippen LogP contribution >= 0.6 is 11.6 Å². The fourth-order valence-corrected chi connectivity index (χ4v) is 2.11. The molecular weight excluding hydrogens is 276 g/mol. The number of esters is 1. The van der Waals surface area contributed by atoms with Gasteiger partial charge in [-0.2, -0.15) is 0 Å². The predicted octanol–water partition coefficient (Wildman–Crippen LogP) is 3.64. The van der Waals surface area contributed by atoms with Crippen LogP contribution in [0.1, 0.15) is 31.7 Å². The summed E-state index contributed by atoms with van der Waals surface area (Å²) in [6.07, 6.45) is 0. The molecule has 102 valence electrons. The van der Waals surface area contributed by atoms with Gasteiger partial charge in [0.05, 0.1) is 12.7 Å². The van der Waals surface area contributed by atoms with Crippen LogP contribution < -0.4 is 0 Å². The topological polar surface area (TPSA) is 43.4 Å². The van der Waals surface area contributed by atoms with E-state index in [1.165, 1.54) is 13.2 Å². The van der Waals surface area contributed by atoms with E-state index in [0.29, 0.717) is 11.1 Å². The zero-order chi connectivity index (χ0) is 14.5. The summed E-state index contributed by atoms with van der Waals surface area (Å²) >= 11 is 6.19. The smallest absolute Gasteiger partial charge is 0.337 e. The maximum Gasteiger partial charge on any atom is 0.337 e. The van der Waals surface area contributed by atoms with E-state index in [0.717, 1.165) is 5.56 Å². The van der Waals surface area contributed by atoms with Gasteiger partial charge in [-0.1, -0.05) is 42.5 Å². The van der Waals surface area contributed by atoms with Crippen molar-refractivity contribution in [2.24, 2.45) is 0 Å². The van der Waals surface area contributed by atoms with E-state index in [9.17, 15) is 9.59 Å². The molecule has 0 heterocycles. The van der Waals surface area contributed by atoms with Crippen LogP contribution in [-0.4, -0.2) is 18.9 Å². The fraction of sp³-hybridized carbons (Fsp3) is 0.125. The number of benzene rings is 2. The zero-order valence-corrected chi connectivity index (χ0v) is 11.6. The van der Waals surface area contributed by atoms with E-state index < -0.39 is 11.3 Å². The Labute approximate surface area is 122 Å². The number of hydrogen-bond acceptors (Lipinski definition) is 3. The lowest BCUT2D eigenvalue weighted by Crippen LogP contribution is -2.09. The van der Waals surface area contributed by atoms with Gasteiger partial charge in [-0.05, 0) is 17.7 Å². The van der Waals surface area contributed by atoms with Crippen LogP contribution in [0.15, 0.2) is 54.6 Å². The molecule has 2 rings (SSSR count). The molecule has 1 unspecified atom stereocenters. The largest absolute Gasteiger partial charge is 0.465 e. The lowest BCUT2D eigenvalue weighted by atomic mass is 10.0. The normalized spacial score (nSPS) is 11.7. The van der Waals surface area contributed by atoms with Crippen molar-refractivity contribution >= 4 is 23.4 Å². The number of carbonyl (C=O) groups excluding carboxylic acids is 2. The SMILES string of the molecule is COC(=O)c1cccc(C(=O)C(Cl)c2ccccc2)c1. The third kappa shape index (κ3) is 3.06. The van der Waals surface area contributed by atoms with Crippen molar-refractivity contribution in [3.05, 3.63) is 71.3 Å². The minimum atomic E-state index is -0.774. The molecule has 0 aromatic heterocycles. The van der Waals surface area contributed by atoms with Gasteiger partial charge in [-0.25, -0.2) is 4.79 Å². The highest BCUT2D eigenvalue weighted by molar-refractivity contribution is 6.34. The first-order chi connectivity index (χ1) is 9.63. The molecule has 4 heteroatoms. The summed E-state index contributed by atoms with van der Waals surface area (Å²) in [6.45, 7) is 0. The monoisotopic (exact) mass is 288 g/mol. The molecule has 0 radical (unpaired) electrons. The first kappa shape index (κ1) is 14.3. The van der Waals surface area contributed by atoms with E-state index in [4.69, 9.17) is 11.6 Å². The van der Waals surface area contributed by atoms with Gasteiger partial charge in [0, 0.05) is 5.56 Å². The molecule has 0 saturated carbocycles.